The second-order valence-corrected chi connectivity index (χ2v) is 5.80. The molecule has 0 fully saturated rings. The molecule has 0 spiro atoms. The molecule has 2 aromatic rings. The quantitative estimate of drug-likeness (QED) is 0.770. The molecule has 0 saturated heterocycles. The van der Waals surface area contributed by atoms with Gasteiger partial charge in [-0.3, -0.25) is 4.79 Å². The van der Waals surface area contributed by atoms with Gasteiger partial charge < -0.3 is 14.8 Å². The summed E-state index contributed by atoms with van der Waals surface area (Å²) in [5.41, 5.74) is 0.375. The second-order valence-electron chi connectivity index (χ2n) is 5.80. The van der Waals surface area contributed by atoms with Crippen LogP contribution in [0.3, 0.4) is 0 Å². The van der Waals surface area contributed by atoms with Crippen LogP contribution in [-0.4, -0.2) is 24.6 Å². The Morgan fingerprint density at radius 1 is 1.04 bits per heavy atom. The molecule has 0 aromatic heterocycles. The first kappa shape index (κ1) is 20.3. The van der Waals surface area contributed by atoms with Crippen LogP contribution in [0.15, 0.2) is 48.5 Å². The zero-order chi connectivity index (χ0) is 20.0. The number of carbonyl (C=O) groups excluding carboxylic acids is 2. The molecule has 0 aliphatic carbocycles. The summed E-state index contributed by atoms with van der Waals surface area (Å²) in [4.78, 5) is 23.6. The third kappa shape index (κ3) is 6.32. The number of anilines is 1. The van der Waals surface area contributed by atoms with E-state index in [-0.39, 0.29) is 5.69 Å². The van der Waals surface area contributed by atoms with Crippen molar-refractivity contribution in [3.8, 4) is 5.75 Å². The van der Waals surface area contributed by atoms with Gasteiger partial charge in [0.2, 0.25) is 0 Å². The fourth-order valence-electron chi connectivity index (χ4n) is 2.06. The van der Waals surface area contributed by atoms with Crippen LogP contribution in [0, 0.1) is 6.92 Å². The third-order valence-corrected chi connectivity index (χ3v) is 3.51. The van der Waals surface area contributed by atoms with Crippen molar-refractivity contribution in [1.82, 2.24) is 0 Å². The van der Waals surface area contributed by atoms with Crippen LogP contribution in [0.5, 0.6) is 5.75 Å². The van der Waals surface area contributed by atoms with E-state index in [1.165, 1.54) is 6.92 Å². The van der Waals surface area contributed by atoms with E-state index < -0.39 is 36.3 Å². The van der Waals surface area contributed by atoms with E-state index in [0.29, 0.717) is 5.75 Å². The predicted octanol–water partition coefficient (Wildman–Crippen LogP) is 3.96. The normalized spacial score (nSPS) is 12.2. The molecule has 0 bridgehead atoms. The molecule has 0 aliphatic heterocycles. The summed E-state index contributed by atoms with van der Waals surface area (Å²) >= 11 is 0. The Morgan fingerprint density at radius 3 is 2.19 bits per heavy atom. The number of hydrogen-bond acceptors (Lipinski definition) is 4. The fourth-order valence-corrected chi connectivity index (χ4v) is 2.06. The Morgan fingerprint density at radius 2 is 1.63 bits per heavy atom. The van der Waals surface area contributed by atoms with Crippen molar-refractivity contribution in [3.05, 3.63) is 59.7 Å². The van der Waals surface area contributed by atoms with Crippen LogP contribution in [0.4, 0.5) is 18.9 Å². The summed E-state index contributed by atoms with van der Waals surface area (Å²) in [5, 5.41) is 2.35. The molecule has 0 radical (unpaired) electrons. The van der Waals surface area contributed by atoms with E-state index in [2.05, 4.69) is 5.32 Å². The van der Waals surface area contributed by atoms with E-state index in [9.17, 15) is 22.8 Å². The van der Waals surface area contributed by atoms with Crippen molar-refractivity contribution in [3.63, 3.8) is 0 Å². The summed E-state index contributed by atoms with van der Waals surface area (Å²) in [7, 11) is 0. The van der Waals surface area contributed by atoms with Crippen molar-refractivity contribution in [1.29, 1.82) is 0 Å². The number of alkyl halides is 3. The Kier molecular flexibility index (Phi) is 6.44. The lowest BCUT2D eigenvalue weighted by Crippen LogP contribution is -2.29. The Bertz CT molecular complexity index is 786. The second kappa shape index (κ2) is 8.57. The minimum absolute atomic E-state index is 0.160. The molecular weight excluding hydrogens is 363 g/mol. The van der Waals surface area contributed by atoms with Gasteiger partial charge in [-0.1, -0.05) is 17.7 Å². The molecule has 1 atom stereocenters. The van der Waals surface area contributed by atoms with Crippen molar-refractivity contribution in [2.24, 2.45) is 0 Å². The third-order valence-electron chi connectivity index (χ3n) is 3.51. The lowest BCUT2D eigenvalue weighted by atomic mass is 10.2. The van der Waals surface area contributed by atoms with E-state index in [0.717, 1.165) is 29.8 Å². The number of carbonyl (C=O) groups is 2. The summed E-state index contributed by atoms with van der Waals surface area (Å²) < 4.78 is 47.7. The fraction of sp³-hybridized carbons (Fsp3) is 0.263. The van der Waals surface area contributed by atoms with Gasteiger partial charge in [-0.15, -0.1) is 0 Å². The maximum Gasteiger partial charge on any atom is 0.416 e. The summed E-state index contributed by atoms with van der Waals surface area (Å²) in [6.07, 6.45) is -5.38. The molecule has 8 heteroatoms. The average molecular weight is 381 g/mol. The van der Waals surface area contributed by atoms with Crippen molar-refractivity contribution < 1.29 is 32.2 Å². The molecule has 5 nitrogen and oxygen atoms in total. The van der Waals surface area contributed by atoms with Crippen LogP contribution in [0.25, 0.3) is 0 Å². The lowest BCUT2D eigenvalue weighted by Gasteiger charge is -2.14. The molecule has 2 aromatic carbocycles. The standard InChI is InChI=1S/C19H18F3NO4/c1-12-3-9-16(10-4-12)27-13(2)18(25)26-11-17(24)23-15-7-5-14(6-8-15)19(20,21)22/h3-10,13H,11H2,1-2H3,(H,23,24). The summed E-state index contributed by atoms with van der Waals surface area (Å²) in [6, 6.07) is 11.0. The highest BCUT2D eigenvalue weighted by molar-refractivity contribution is 5.93. The topological polar surface area (TPSA) is 64.6 Å². The van der Waals surface area contributed by atoms with Gasteiger partial charge in [0.05, 0.1) is 5.56 Å². The van der Waals surface area contributed by atoms with Crippen LogP contribution in [-0.2, 0) is 20.5 Å². The van der Waals surface area contributed by atoms with Gasteiger partial charge >= 0.3 is 12.1 Å². The first-order valence-electron chi connectivity index (χ1n) is 8.02. The van der Waals surface area contributed by atoms with E-state index in [4.69, 9.17) is 9.47 Å². The number of nitrogens with one attached hydrogen (secondary N) is 1. The van der Waals surface area contributed by atoms with Gasteiger partial charge in [0, 0.05) is 5.69 Å². The smallest absolute Gasteiger partial charge is 0.416 e. The molecule has 144 valence electrons. The maximum absolute atomic E-state index is 12.5. The van der Waals surface area contributed by atoms with E-state index in [1.807, 2.05) is 19.1 Å². The van der Waals surface area contributed by atoms with Gasteiger partial charge in [-0.2, -0.15) is 13.2 Å². The summed E-state index contributed by atoms with van der Waals surface area (Å²) in [5.74, 6) is -0.928. The molecule has 1 amide bonds. The van der Waals surface area contributed by atoms with Gasteiger partial charge in [0.15, 0.2) is 12.7 Å². The van der Waals surface area contributed by atoms with Gasteiger partial charge in [-0.25, -0.2) is 4.79 Å². The number of amides is 1. The highest BCUT2D eigenvalue weighted by Gasteiger charge is 2.30. The maximum atomic E-state index is 12.5. The van der Waals surface area contributed by atoms with E-state index >= 15 is 0 Å². The number of halogens is 3. The molecule has 0 saturated carbocycles. The Labute approximate surface area is 154 Å². The Hall–Kier alpha value is -3.03. The molecular formula is C19H18F3NO4. The first-order chi connectivity index (χ1) is 12.6. The van der Waals surface area contributed by atoms with Crippen molar-refractivity contribution in [2.45, 2.75) is 26.1 Å². The number of aryl methyl sites for hydroxylation is 1. The van der Waals surface area contributed by atoms with Gasteiger partial charge in [0.25, 0.3) is 5.91 Å². The SMILES string of the molecule is Cc1ccc(OC(C)C(=O)OCC(=O)Nc2ccc(C(F)(F)F)cc2)cc1. The van der Waals surface area contributed by atoms with Crippen LogP contribution >= 0.6 is 0 Å². The van der Waals surface area contributed by atoms with Crippen molar-refractivity contribution in [2.75, 3.05) is 11.9 Å². The number of ether oxygens (including phenoxy) is 2. The average Bonchev–Trinajstić information content (AvgIpc) is 2.61. The van der Waals surface area contributed by atoms with E-state index in [1.54, 1.807) is 12.1 Å². The lowest BCUT2D eigenvalue weighted by molar-refractivity contribution is -0.153. The number of esters is 1. The van der Waals surface area contributed by atoms with Crippen LogP contribution in [0.2, 0.25) is 0 Å². The van der Waals surface area contributed by atoms with Gasteiger partial charge in [-0.05, 0) is 50.2 Å². The molecule has 1 N–H and O–H groups in total. The number of rotatable bonds is 6. The molecule has 2 rings (SSSR count). The zero-order valence-corrected chi connectivity index (χ0v) is 14.7. The van der Waals surface area contributed by atoms with Gasteiger partial charge in [0.1, 0.15) is 5.75 Å². The highest BCUT2D eigenvalue weighted by atomic mass is 19.4. The molecule has 0 heterocycles. The minimum atomic E-state index is -4.45. The highest BCUT2D eigenvalue weighted by Crippen LogP contribution is 2.29. The van der Waals surface area contributed by atoms with Crippen LogP contribution in [0.1, 0.15) is 18.1 Å². The molecule has 1 unspecified atom stereocenters. The summed E-state index contributed by atoms with van der Waals surface area (Å²) in [6.45, 7) is 2.81. The van der Waals surface area contributed by atoms with Crippen molar-refractivity contribution >= 4 is 17.6 Å². The Balaban J connectivity index is 1.80. The monoisotopic (exact) mass is 381 g/mol. The largest absolute Gasteiger partial charge is 0.479 e. The minimum Gasteiger partial charge on any atom is -0.479 e. The number of benzene rings is 2. The van der Waals surface area contributed by atoms with Crippen LogP contribution < -0.4 is 10.1 Å². The molecule has 27 heavy (non-hydrogen) atoms. The number of hydrogen-bond donors (Lipinski definition) is 1. The predicted molar refractivity (Wildman–Crippen MR) is 92.3 cm³/mol. The molecule has 0 aliphatic rings. The first-order valence-corrected chi connectivity index (χ1v) is 8.02. The zero-order valence-electron chi connectivity index (χ0n) is 14.7.